The number of nitrogens with one attached hydrogen (secondary N) is 1. The van der Waals surface area contributed by atoms with E-state index in [1.165, 1.54) is 43.7 Å². The fourth-order valence-electron chi connectivity index (χ4n) is 8.83. The maximum absolute atomic E-state index is 13.7. The fraction of sp³-hybridized carbons (Fsp3) is 0.643. The number of carbonyl (C=O) groups excluding carboxylic acids is 1. The Labute approximate surface area is 190 Å². The standard InChI is InChI=1S/C28H35FN2O/c1-16(26-30-24-9-5-18(29)15-25(24)31-26)21-7-8-22-20-6-4-17-14-19(32)10-12-27(17,2)23(20)11-13-28(21,22)3/h5,9,14-16,20-23H,4,6-8,10-13H2,1-3H3,(H,30,31)/t16-,20-,21+,22-,23-,27-,28+/m0/s1. The zero-order chi connectivity index (χ0) is 22.3. The van der Waals surface area contributed by atoms with Crippen molar-refractivity contribution in [1.29, 1.82) is 0 Å². The molecule has 4 heteroatoms. The summed E-state index contributed by atoms with van der Waals surface area (Å²) in [6, 6.07) is 4.84. The van der Waals surface area contributed by atoms with Gasteiger partial charge in [-0.15, -0.1) is 0 Å². The highest BCUT2D eigenvalue weighted by molar-refractivity contribution is 5.91. The van der Waals surface area contributed by atoms with Crippen molar-refractivity contribution >= 4 is 16.8 Å². The minimum atomic E-state index is -0.213. The summed E-state index contributed by atoms with van der Waals surface area (Å²) in [5, 5.41) is 0. The van der Waals surface area contributed by atoms with Crippen LogP contribution >= 0.6 is 0 Å². The van der Waals surface area contributed by atoms with Gasteiger partial charge in [-0.2, -0.15) is 0 Å². The molecule has 2 aromatic rings. The summed E-state index contributed by atoms with van der Waals surface area (Å²) in [6.07, 6.45) is 11.3. The maximum Gasteiger partial charge on any atom is 0.155 e. The number of nitrogens with zero attached hydrogens (tertiary/aromatic N) is 1. The summed E-state index contributed by atoms with van der Waals surface area (Å²) < 4.78 is 13.7. The number of H-pyrrole nitrogens is 1. The number of rotatable bonds is 2. The number of fused-ring (bicyclic) bond motifs is 6. The maximum atomic E-state index is 13.7. The molecule has 0 unspecified atom stereocenters. The van der Waals surface area contributed by atoms with E-state index in [1.54, 1.807) is 12.1 Å². The van der Waals surface area contributed by atoms with Gasteiger partial charge < -0.3 is 4.98 Å². The number of hydrogen-bond donors (Lipinski definition) is 1. The van der Waals surface area contributed by atoms with E-state index in [0.717, 1.165) is 53.9 Å². The minimum absolute atomic E-state index is 0.213. The molecule has 4 aliphatic rings. The Kier molecular flexibility index (Phi) is 4.52. The molecule has 170 valence electrons. The van der Waals surface area contributed by atoms with E-state index < -0.39 is 0 Å². The first-order valence-corrected chi connectivity index (χ1v) is 12.7. The van der Waals surface area contributed by atoms with E-state index in [9.17, 15) is 9.18 Å². The third-order valence-corrected chi connectivity index (χ3v) is 10.5. The second kappa shape index (κ2) is 7.01. The van der Waals surface area contributed by atoms with Gasteiger partial charge >= 0.3 is 0 Å². The quantitative estimate of drug-likeness (QED) is 0.556. The lowest BCUT2D eigenvalue weighted by Gasteiger charge is -2.58. The van der Waals surface area contributed by atoms with E-state index >= 15 is 0 Å². The SMILES string of the molecule is C[C@H](c1nc2ccc(F)cc2[nH]1)[C@H]1CC[C@H]2[C@@H]3CCC4=CC(=O)CC[C@]4(C)[C@H]3CC[C@]12C. The summed E-state index contributed by atoms with van der Waals surface area (Å²) in [7, 11) is 0. The third kappa shape index (κ3) is 2.83. The number of carbonyl (C=O) groups is 1. The molecule has 4 aliphatic carbocycles. The molecule has 3 nitrogen and oxygen atoms in total. The van der Waals surface area contributed by atoms with Crippen molar-refractivity contribution < 1.29 is 9.18 Å². The molecule has 0 bridgehead atoms. The van der Waals surface area contributed by atoms with Gasteiger partial charge in [0.05, 0.1) is 11.0 Å². The molecule has 0 saturated heterocycles. The molecule has 32 heavy (non-hydrogen) atoms. The Hall–Kier alpha value is -1.97. The number of hydrogen-bond acceptors (Lipinski definition) is 2. The highest BCUT2D eigenvalue weighted by Crippen LogP contribution is 2.68. The van der Waals surface area contributed by atoms with Crippen LogP contribution < -0.4 is 0 Å². The number of imidazole rings is 1. The predicted octanol–water partition coefficient (Wildman–Crippen LogP) is 6.95. The van der Waals surface area contributed by atoms with Gasteiger partial charge in [0, 0.05) is 12.3 Å². The van der Waals surface area contributed by atoms with Crippen LogP contribution in [0.5, 0.6) is 0 Å². The van der Waals surface area contributed by atoms with Crippen molar-refractivity contribution in [3.8, 4) is 0 Å². The molecule has 1 N–H and O–H groups in total. The number of benzene rings is 1. The van der Waals surface area contributed by atoms with Gasteiger partial charge in [-0.1, -0.05) is 26.3 Å². The first-order chi connectivity index (χ1) is 15.3. The molecule has 0 spiro atoms. The first-order valence-electron chi connectivity index (χ1n) is 12.7. The molecule has 0 radical (unpaired) electrons. The van der Waals surface area contributed by atoms with E-state index in [0.29, 0.717) is 23.0 Å². The topological polar surface area (TPSA) is 45.8 Å². The van der Waals surface area contributed by atoms with Crippen LogP contribution in [0.2, 0.25) is 0 Å². The van der Waals surface area contributed by atoms with Gasteiger partial charge in [-0.05, 0) is 104 Å². The fourth-order valence-corrected chi connectivity index (χ4v) is 8.83. The highest BCUT2D eigenvalue weighted by Gasteiger charge is 2.59. The van der Waals surface area contributed by atoms with Gasteiger partial charge in [0.15, 0.2) is 5.78 Å². The Bertz CT molecular complexity index is 1120. The summed E-state index contributed by atoms with van der Waals surface area (Å²) in [6.45, 7) is 7.35. The second-order valence-corrected chi connectivity index (χ2v) is 11.8. The summed E-state index contributed by atoms with van der Waals surface area (Å²) in [5.74, 6) is 4.39. The van der Waals surface area contributed by atoms with Crippen LogP contribution in [0.1, 0.15) is 83.9 Å². The number of ketones is 1. The third-order valence-electron chi connectivity index (χ3n) is 10.5. The summed E-state index contributed by atoms with van der Waals surface area (Å²) in [5.41, 5.74) is 3.71. The van der Waals surface area contributed by atoms with E-state index in [2.05, 4.69) is 25.8 Å². The van der Waals surface area contributed by atoms with Crippen LogP contribution in [-0.2, 0) is 4.79 Å². The van der Waals surface area contributed by atoms with Crippen molar-refractivity contribution in [1.82, 2.24) is 9.97 Å². The lowest BCUT2D eigenvalue weighted by Crippen LogP contribution is -2.50. The average Bonchev–Trinajstić information content (AvgIpc) is 3.34. The van der Waals surface area contributed by atoms with Crippen LogP contribution in [0.25, 0.3) is 11.0 Å². The van der Waals surface area contributed by atoms with Crippen molar-refractivity contribution in [2.75, 3.05) is 0 Å². The smallest absolute Gasteiger partial charge is 0.155 e. The van der Waals surface area contributed by atoms with Crippen LogP contribution in [0.4, 0.5) is 4.39 Å². The van der Waals surface area contributed by atoms with Crippen LogP contribution in [0, 0.1) is 40.3 Å². The predicted molar refractivity (Wildman–Crippen MR) is 125 cm³/mol. The monoisotopic (exact) mass is 434 g/mol. The molecule has 3 fully saturated rings. The molecule has 6 rings (SSSR count). The molecular formula is C28H35FN2O. The molecular weight excluding hydrogens is 399 g/mol. The van der Waals surface area contributed by atoms with Crippen molar-refractivity contribution in [3.05, 3.63) is 41.5 Å². The number of halogens is 1. The molecule has 1 aromatic heterocycles. The minimum Gasteiger partial charge on any atom is -0.342 e. The Balaban J connectivity index is 1.29. The molecule has 7 atom stereocenters. The zero-order valence-corrected chi connectivity index (χ0v) is 19.6. The van der Waals surface area contributed by atoms with Crippen LogP contribution in [-0.4, -0.2) is 15.8 Å². The molecule has 1 aromatic carbocycles. The lowest BCUT2D eigenvalue weighted by atomic mass is 9.46. The average molecular weight is 435 g/mol. The highest BCUT2D eigenvalue weighted by atomic mass is 19.1. The van der Waals surface area contributed by atoms with Crippen LogP contribution in [0.3, 0.4) is 0 Å². The number of aromatic nitrogens is 2. The van der Waals surface area contributed by atoms with E-state index in [-0.39, 0.29) is 11.2 Å². The Morgan fingerprint density at radius 1 is 1.09 bits per heavy atom. The van der Waals surface area contributed by atoms with Gasteiger partial charge in [0.1, 0.15) is 11.6 Å². The van der Waals surface area contributed by atoms with E-state index in [4.69, 9.17) is 4.98 Å². The van der Waals surface area contributed by atoms with Crippen molar-refractivity contribution in [2.45, 2.75) is 78.1 Å². The van der Waals surface area contributed by atoms with Crippen LogP contribution in [0.15, 0.2) is 29.8 Å². The number of aromatic amines is 1. The molecule has 3 saturated carbocycles. The van der Waals surface area contributed by atoms with Crippen molar-refractivity contribution in [2.24, 2.45) is 34.5 Å². The number of allylic oxidation sites excluding steroid dienone is 1. The van der Waals surface area contributed by atoms with Gasteiger partial charge in [-0.25, -0.2) is 9.37 Å². The molecule has 1 heterocycles. The Morgan fingerprint density at radius 2 is 1.94 bits per heavy atom. The van der Waals surface area contributed by atoms with E-state index in [1.807, 2.05) is 6.08 Å². The van der Waals surface area contributed by atoms with Gasteiger partial charge in [0.2, 0.25) is 0 Å². The molecule has 0 aliphatic heterocycles. The van der Waals surface area contributed by atoms with Gasteiger partial charge in [-0.3, -0.25) is 4.79 Å². The van der Waals surface area contributed by atoms with Crippen molar-refractivity contribution in [3.63, 3.8) is 0 Å². The normalized spacial score (nSPS) is 39.9. The second-order valence-electron chi connectivity index (χ2n) is 11.8. The summed E-state index contributed by atoms with van der Waals surface area (Å²) in [4.78, 5) is 20.4. The Morgan fingerprint density at radius 3 is 2.78 bits per heavy atom. The zero-order valence-electron chi connectivity index (χ0n) is 19.6. The van der Waals surface area contributed by atoms with Gasteiger partial charge in [0.25, 0.3) is 0 Å². The first kappa shape index (κ1) is 20.6. The lowest BCUT2D eigenvalue weighted by molar-refractivity contribution is -0.117. The largest absolute Gasteiger partial charge is 0.342 e. The summed E-state index contributed by atoms with van der Waals surface area (Å²) >= 11 is 0. The molecule has 0 amide bonds.